The molecular weight excluding hydrogens is 392 g/mol. The molecule has 8 heteroatoms. The van der Waals surface area contributed by atoms with E-state index in [0.29, 0.717) is 11.8 Å². The SMILES string of the molecule is Cc1ccc(S(=O)(=O)NCC(=O)O[C@H](C)C(=O)N[C@@H]2CCC[C@@H](C)[C@H]2C)cc1C. The Bertz CT molecular complexity index is 853. The molecule has 29 heavy (non-hydrogen) atoms. The normalized spacial score (nSPS) is 23.3. The molecule has 0 radical (unpaired) electrons. The number of sulfonamides is 1. The average molecular weight is 425 g/mol. The molecular formula is C21H32N2O5S. The molecule has 0 heterocycles. The molecule has 2 N–H and O–H groups in total. The number of carbonyl (C=O) groups is 2. The lowest BCUT2D eigenvalue weighted by Gasteiger charge is -2.35. The summed E-state index contributed by atoms with van der Waals surface area (Å²) in [6.45, 7) is 8.95. The van der Waals surface area contributed by atoms with Crippen molar-refractivity contribution in [2.45, 2.75) is 70.9 Å². The molecule has 0 saturated heterocycles. The highest BCUT2D eigenvalue weighted by Crippen LogP contribution is 2.29. The second-order valence-corrected chi connectivity index (χ2v) is 9.85. The predicted octanol–water partition coefficient (Wildman–Crippen LogP) is 2.45. The lowest BCUT2D eigenvalue weighted by molar-refractivity contribution is -0.154. The molecule has 0 aromatic heterocycles. The van der Waals surface area contributed by atoms with Gasteiger partial charge < -0.3 is 10.1 Å². The van der Waals surface area contributed by atoms with E-state index in [1.54, 1.807) is 12.1 Å². The number of rotatable bonds is 7. The fraction of sp³-hybridized carbons (Fsp3) is 0.619. The summed E-state index contributed by atoms with van der Waals surface area (Å²) >= 11 is 0. The molecule has 0 bridgehead atoms. The monoisotopic (exact) mass is 424 g/mol. The number of nitrogens with one attached hydrogen (secondary N) is 2. The van der Waals surface area contributed by atoms with Crippen LogP contribution in [0.2, 0.25) is 0 Å². The van der Waals surface area contributed by atoms with Gasteiger partial charge in [-0.1, -0.05) is 32.8 Å². The second-order valence-electron chi connectivity index (χ2n) is 8.09. The van der Waals surface area contributed by atoms with E-state index >= 15 is 0 Å². The van der Waals surface area contributed by atoms with Gasteiger partial charge in [-0.15, -0.1) is 0 Å². The largest absolute Gasteiger partial charge is 0.452 e. The summed E-state index contributed by atoms with van der Waals surface area (Å²) in [7, 11) is -3.84. The Hall–Kier alpha value is -1.93. The lowest BCUT2D eigenvalue weighted by atomic mass is 9.78. The van der Waals surface area contributed by atoms with Crippen LogP contribution in [-0.2, 0) is 24.3 Å². The van der Waals surface area contributed by atoms with Crippen molar-refractivity contribution in [3.05, 3.63) is 29.3 Å². The standard InChI is InChI=1S/C21H32N2O5S/c1-13-9-10-18(11-15(13)3)29(26,27)22-12-20(24)28-17(5)21(25)23-19-8-6-7-14(2)16(19)4/h9-11,14,16-17,19,22H,6-8,12H2,1-5H3,(H,23,25)/t14-,16-,17-,19-/m1/s1. The van der Waals surface area contributed by atoms with Crippen LogP contribution in [0.5, 0.6) is 0 Å². The fourth-order valence-electron chi connectivity index (χ4n) is 3.50. The number of hydrogen-bond acceptors (Lipinski definition) is 5. The molecule has 1 fully saturated rings. The van der Waals surface area contributed by atoms with Crippen molar-refractivity contribution >= 4 is 21.9 Å². The first-order chi connectivity index (χ1) is 13.5. The van der Waals surface area contributed by atoms with Gasteiger partial charge in [0, 0.05) is 6.04 Å². The predicted molar refractivity (Wildman–Crippen MR) is 111 cm³/mol. The van der Waals surface area contributed by atoms with Gasteiger partial charge in [0.05, 0.1) is 4.90 Å². The summed E-state index contributed by atoms with van der Waals surface area (Å²) in [4.78, 5) is 24.5. The van der Waals surface area contributed by atoms with Crippen LogP contribution < -0.4 is 10.0 Å². The molecule has 1 amide bonds. The quantitative estimate of drug-likeness (QED) is 0.655. The summed E-state index contributed by atoms with van der Waals surface area (Å²) in [6.07, 6.45) is 2.13. The number of hydrogen-bond donors (Lipinski definition) is 2. The third kappa shape index (κ3) is 6.27. The zero-order chi connectivity index (χ0) is 21.8. The number of amides is 1. The number of esters is 1. The maximum Gasteiger partial charge on any atom is 0.321 e. The van der Waals surface area contributed by atoms with E-state index < -0.39 is 28.6 Å². The van der Waals surface area contributed by atoms with E-state index in [0.717, 1.165) is 30.4 Å². The van der Waals surface area contributed by atoms with Gasteiger partial charge in [0.1, 0.15) is 6.54 Å². The maximum atomic E-state index is 12.4. The highest BCUT2D eigenvalue weighted by Gasteiger charge is 2.30. The summed E-state index contributed by atoms with van der Waals surface area (Å²) in [5.74, 6) is -0.265. The number of carbonyl (C=O) groups excluding carboxylic acids is 2. The van der Waals surface area contributed by atoms with Crippen molar-refractivity contribution in [1.82, 2.24) is 10.0 Å². The molecule has 7 nitrogen and oxygen atoms in total. The van der Waals surface area contributed by atoms with Gasteiger partial charge in [-0.05, 0) is 62.3 Å². The van der Waals surface area contributed by atoms with Crippen LogP contribution in [0, 0.1) is 25.7 Å². The Labute approximate surface area is 173 Å². The van der Waals surface area contributed by atoms with E-state index in [1.807, 2.05) is 13.8 Å². The minimum atomic E-state index is -3.84. The molecule has 4 atom stereocenters. The van der Waals surface area contributed by atoms with Crippen molar-refractivity contribution in [2.75, 3.05) is 6.54 Å². The fourth-order valence-corrected chi connectivity index (χ4v) is 4.55. The molecule has 162 valence electrons. The molecule has 1 aromatic rings. The summed E-state index contributed by atoms with van der Waals surface area (Å²) < 4.78 is 32.0. The van der Waals surface area contributed by atoms with E-state index in [9.17, 15) is 18.0 Å². The van der Waals surface area contributed by atoms with Crippen molar-refractivity contribution in [3.8, 4) is 0 Å². The van der Waals surface area contributed by atoms with Crippen molar-refractivity contribution in [1.29, 1.82) is 0 Å². The second kappa shape index (κ2) is 9.71. The Morgan fingerprint density at radius 3 is 2.52 bits per heavy atom. The number of benzene rings is 1. The van der Waals surface area contributed by atoms with Gasteiger partial charge >= 0.3 is 5.97 Å². The Balaban J connectivity index is 1.86. The highest BCUT2D eigenvalue weighted by molar-refractivity contribution is 7.89. The van der Waals surface area contributed by atoms with Gasteiger partial charge in [-0.25, -0.2) is 8.42 Å². The first-order valence-electron chi connectivity index (χ1n) is 10.1. The molecule has 2 rings (SSSR count). The minimum Gasteiger partial charge on any atom is -0.452 e. The first kappa shape index (κ1) is 23.3. The van der Waals surface area contributed by atoms with Gasteiger partial charge in [0.25, 0.3) is 5.91 Å². The zero-order valence-corrected chi connectivity index (χ0v) is 18.6. The Morgan fingerprint density at radius 1 is 1.17 bits per heavy atom. The highest BCUT2D eigenvalue weighted by atomic mass is 32.2. The van der Waals surface area contributed by atoms with Crippen LogP contribution in [0.25, 0.3) is 0 Å². The average Bonchev–Trinajstić information content (AvgIpc) is 2.66. The zero-order valence-electron chi connectivity index (χ0n) is 17.8. The van der Waals surface area contributed by atoms with Gasteiger partial charge in [0.15, 0.2) is 6.10 Å². The van der Waals surface area contributed by atoms with Crippen molar-refractivity contribution < 1.29 is 22.7 Å². The molecule has 0 unspecified atom stereocenters. The molecule has 1 aromatic carbocycles. The van der Waals surface area contributed by atoms with Crippen molar-refractivity contribution in [3.63, 3.8) is 0 Å². The maximum absolute atomic E-state index is 12.4. The number of aryl methyl sites for hydroxylation is 2. The van der Waals surface area contributed by atoms with E-state index in [2.05, 4.69) is 23.9 Å². The van der Waals surface area contributed by atoms with Gasteiger partial charge in [0.2, 0.25) is 10.0 Å². The van der Waals surface area contributed by atoms with Gasteiger partial charge in [-0.2, -0.15) is 4.72 Å². The van der Waals surface area contributed by atoms with E-state index in [4.69, 9.17) is 4.74 Å². The van der Waals surface area contributed by atoms with Crippen LogP contribution in [0.15, 0.2) is 23.1 Å². The molecule has 0 spiro atoms. The van der Waals surface area contributed by atoms with Crippen molar-refractivity contribution in [2.24, 2.45) is 11.8 Å². The summed E-state index contributed by atoms with van der Waals surface area (Å²) in [6, 6.07) is 4.81. The van der Waals surface area contributed by atoms with Gasteiger partial charge in [-0.3, -0.25) is 9.59 Å². The molecule has 0 aliphatic heterocycles. The van der Waals surface area contributed by atoms with Crippen LogP contribution in [0.1, 0.15) is 51.2 Å². The molecule has 1 saturated carbocycles. The van der Waals surface area contributed by atoms with E-state index in [1.165, 1.54) is 13.0 Å². The van der Waals surface area contributed by atoms with Crippen LogP contribution >= 0.6 is 0 Å². The van der Waals surface area contributed by atoms with Crippen LogP contribution in [0.4, 0.5) is 0 Å². The topological polar surface area (TPSA) is 102 Å². The Kier molecular flexibility index (Phi) is 7.82. The third-order valence-electron chi connectivity index (χ3n) is 5.91. The number of ether oxygens (including phenoxy) is 1. The van der Waals surface area contributed by atoms with Crippen LogP contribution in [-0.4, -0.2) is 39.0 Å². The smallest absolute Gasteiger partial charge is 0.321 e. The van der Waals surface area contributed by atoms with E-state index in [-0.39, 0.29) is 16.8 Å². The third-order valence-corrected chi connectivity index (χ3v) is 7.31. The van der Waals surface area contributed by atoms with Crippen LogP contribution in [0.3, 0.4) is 0 Å². The Morgan fingerprint density at radius 2 is 1.86 bits per heavy atom. The first-order valence-corrected chi connectivity index (χ1v) is 11.6. The minimum absolute atomic E-state index is 0.0654. The molecule has 1 aliphatic rings. The summed E-state index contributed by atoms with van der Waals surface area (Å²) in [5.41, 5.74) is 1.82. The summed E-state index contributed by atoms with van der Waals surface area (Å²) in [5, 5.41) is 2.96. The lowest BCUT2D eigenvalue weighted by Crippen LogP contribution is -2.48. The molecule has 1 aliphatic carbocycles.